The highest BCUT2D eigenvalue weighted by Gasteiger charge is 2.18. The SMILES string of the molecule is COC(C)CNC1CCN(CCc2ccccc2)CC1. The molecule has 0 bridgehead atoms. The second kappa shape index (κ2) is 8.40. The number of hydrogen-bond donors (Lipinski definition) is 1. The molecule has 0 aliphatic carbocycles. The average Bonchev–Trinajstić information content (AvgIpc) is 2.52. The molecular weight excluding hydrogens is 248 g/mol. The van der Waals surface area contributed by atoms with E-state index in [0.717, 1.165) is 6.54 Å². The molecule has 0 saturated carbocycles. The maximum absolute atomic E-state index is 5.28. The van der Waals surface area contributed by atoms with Crippen molar-refractivity contribution in [3.05, 3.63) is 35.9 Å². The molecule has 112 valence electrons. The molecule has 0 amide bonds. The van der Waals surface area contributed by atoms with Gasteiger partial charge >= 0.3 is 0 Å². The molecule has 1 atom stereocenters. The molecule has 0 radical (unpaired) electrons. The first kappa shape index (κ1) is 15.5. The van der Waals surface area contributed by atoms with Gasteiger partial charge in [0.1, 0.15) is 0 Å². The standard InChI is InChI=1S/C17H28N2O/c1-15(20-2)14-18-17-9-12-19(13-10-17)11-8-16-6-4-3-5-7-16/h3-7,15,17-18H,8-14H2,1-2H3. The van der Waals surface area contributed by atoms with Crippen LogP contribution in [-0.4, -0.2) is 50.3 Å². The van der Waals surface area contributed by atoms with Crippen molar-refractivity contribution < 1.29 is 4.74 Å². The number of piperidine rings is 1. The highest BCUT2D eigenvalue weighted by molar-refractivity contribution is 5.14. The van der Waals surface area contributed by atoms with Crippen LogP contribution in [0.1, 0.15) is 25.3 Å². The number of benzene rings is 1. The molecule has 1 fully saturated rings. The van der Waals surface area contributed by atoms with Crippen LogP contribution in [0.2, 0.25) is 0 Å². The Balaban J connectivity index is 1.62. The Bertz CT molecular complexity index is 361. The lowest BCUT2D eigenvalue weighted by atomic mass is 10.0. The molecule has 1 aliphatic rings. The van der Waals surface area contributed by atoms with Crippen molar-refractivity contribution in [3.8, 4) is 0 Å². The van der Waals surface area contributed by atoms with Crippen LogP contribution < -0.4 is 5.32 Å². The van der Waals surface area contributed by atoms with Crippen LogP contribution in [-0.2, 0) is 11.2 Å². The summed E-state index contributed by atoms with van der Waals surface area (Å²) in [6, 6.07) is 11.5. The maximum Gasteiger partial charge on any atom is 0.0667 e. The summed E-state index contributed by atoms with van der Waals surface area (Å²) < 4.78 is 5.28. The van der Waals surface area contributed by atoms with Crippen LogP contribution in [0.3, 0.4) is 0 Å². The molecule has 3 heteroatoms. The Morgan fingerprint density at radius 1 is 1.25 bits per heavy atom. The fourth-order valence-corrected chi connectivity index (χ4v) is 2.71. The number of nitrogens with one attached hydrogen (secondary N) is 1. The minimum Gasteiger partial charge on any atom is -0.380 e. The van der Waals surface area contributed by atoms with Crippen LogP contribution in [0.4, 0.5) is 0 Å². The van der Waals surface area contributed by atoms with Crippen molar-refractivity contribution >= 4 is 0 Å². The van der Waals surface area contributed by atoms with Gasteiger partial charge in [-0.1, -0.05) is 30.3 Å². The molecule has 1 aromatic rings. The first-order chi connectivity index (χ1) is 9.78. The van der Waals surface area contributed by atoms with Crippen LogP contribution in [0, 0.1) is 0 Å². The quantitative estimate of drug-likeness (QED) is 0.827. The molecule has 1 aromatic carbocycles. The van der Waals surface area contributed by atoms with E-state index in [0.29, 0.717) is 12.1 Å². The van der Waals surface area contributed by atoms with Crippen LogP contribution in [0.15, 0.2) is 30.3 Å². The average molecular weight is 276 g/mol. The van der Waals surface area contributed by atoms with E-state index in [4.69, 9.17) is 4.74 Å². The minimum atomic E-state index is 0.311. The smallest absolute Gasteiger partial charge is 0.0667 e. The van der Waals surface area contributed by atoms with Crippen molar-refractivity contribution in [1.29, 1.82) is 0 Å². The zero-order valence-corrected chi connectivity index (χ0v) is 12.8. The van der Waals surface area contributed by atoms with Crippen LogP contribution in [0.5, 0.6) is 0 Å². The summed E-state index contributed by atoms with van der Waals surface area (Å²) in [6.07, 6.45) is 3.99. The monoisotopic (exact) mass is 276 g/mol. The predicted molar refractivity (Wildman–Crippen MR) is 84.1 cm³/mol. The van der Waals surface area contributed by atoms with E-state index in [2.05, 4.69) is 47.5 Å². The summed E-state index contributed by atoms with van der Waals surface area (Å²) >= 11 is 0. The van der Waals surface area contributed by atoms with Gasteiger partial charge in [0.2, 0.25) is 0 Å². The Hall–Kier alpha value is -0.900. The second-order valence-electron chi connectivity index (χ2n) is 5.81. The van der Waals surface area contributed by atoms with Gasteiger partial charge in [-0.25, -0.2) is 0 Å². The lowest BCUT2D eigenvalue weighted by Crippen LogP contribution is -2.44. The molecule has 0 aromatic heterocycles. The molecule has 1 heterocycles. The van der Waals surface area contributed by atoms with Crippen LogP contribution >= 0.6 is 0 Å². The summed E-state index contributed by atoms with van der Waals surface area (Å²) in [5.41, 5.74) is 1.45. The van der Waals surface area contributed by atoms with Gasteiger partial charge in [0.15, 0.2) is 0 Å². The predicted octanol–water partition coefficient (Wildman–Crippen LogP) is 2.32. The van der Waals surface area contributed by atoms with E-state index in [9.17, 15) is 0 Å². The third-order valence-corrected chi connectivity index (χ3v) is 4.24. The molecule has 1 aliphatic heterocycles. The number of rotatable bonds is 7. The fraction of sp³-hybridized carbons (Fsp3) is 0.647. The molecule has 1 N–H and O–H groups in total. The summed E-state index contributed by atoms with van der Waals surface area (Å²) in [5, 5.41) is 3.61. The topological polar surface area (TPSA) is 24.5 Å². The first-order valence-electron chi connectivity index (χ1n) is 7.80. The number of likely N-dealkylation sites (tertiary alicyclic amines) is 1. The highest BCUT2D eigenvalue weighted by atomic mass is 16.5. The number of methoxy groups -OCH3 is 1. The number of ether oxygens (including phenoxy) is 1. The Morgan fingerprint density at radius 2 is 1.95 bits per heavy atom. The van der Waals surface area contributed by atoms with Crippen LogP contribution in [0.25, 0.3) is 0 Å². The zero-order valence-electron chi connectivity index (χ0n) is 12.8. The van der Waals surface area contributed by atoms with Gasteiger partial charge in [0.05, 0.1) is 6.10 Å². The summed E-state index contributed by atoms with van der Waals surface area (Å²) in [4.78, 5) is 2.59. The van der Waals surface area contributed by atoms with Gasteiger partial charge in [-0.3, -0.25) is 0 Å². The molecular formula is C17H28N2O. The van der Waals surface area contributed by atoms with Gasteiger partial charge in [-0.15, -0.1) is 0 Å². The number of nitrogens with zero attached hydrogens (tertiary/aromatic N) is 1. The van der Waals surface area contributed by atoms with E-state index < -0.39 is 0 Å². The van der Waals surface area contributed by atoms with E-state index in [-0.39, 0.29) is 0 Å². The van der Waals surface area contributed by atoms with Crippen molar-refractivity contribution in [2.75, 3.05) is 33.3 Å². The van der Waals surface area contributed by atoms with E-state index in [1.54, 1.807) is 7.11 Å². The highest BCUT2D eigenvalue weighted by Crippen LogP contribution is 2.11. The lowest BCUT2D eigenvalue weighted by Gasteiger charge is -2.33. The zero-order chi connectivity index (χ0) is 14.2. The normalized spacial score (nSPS) is 19.1. The summed E-state index contributed by atoms with van der Waals surface area (Å²) in [6.45, 7) is 6.69. The molecule has 1 unspecified atom stereocenters. The number of hydrogen-bond acceptors (Lipinski definition) is 3. The van der Waals surface area contributed by atoms with E-state index in [1.807, 2.05) is 0 Å². The molecule has 1 saturated heterocycles. The minimum absolute atomic E-state index is 0.311. The molecule has 20 heavy (non-hydrogen) atoms. The third-order valence-electron chi connectivity index (χ3n) is 4.24. The van der Waals surface area contributed by atoms with Gasteiger partial charge in [0, 0.05) is 26.2 Å². The first-order valence-corrected chi connectivity index (χ1v) is 7.80. The second-order valence-corrected chi connectivity index (χ2v) is 5.81. The maximum atomic E-state index is 5.28. The van der Waals surface area contributed by atoms with Crippen molar-refractivity contribution in [2.24, 2.45) is 0 Å². The Kier molecular flexibility index (Phi) is 6.51. The Labute approximate surface area is 123 Å². The van der Waals surface area contributed by atoms with E-state index >= 15 is 0 Å². The summed E-state index contributed by atoms with van der Waals surface area (Å²) in [7, 11) is 1.78. The van der Waals surface area contributed by atoms with Crippen molar-refractivity contribution in [3.63, 3.8) is 0 Å². The van der Waals surface area contributed by atoms with Gasteiger partial charge in [-0.2, -0.15) is 0 Å². The molecule has 3 nitrogen and oxygen atoms in total. The van der Waals surface area contributed by atoms with Crippen molar-refractivity contribution in [2.45, 2.75) is 38.3 Å². The fourth-order valence-electron chi connectivity index (χ4n) is 2.71. The van der Waals surface area contributed by atoms with Gasteiger partial charge in [-0.05, 0) is 44.8 Å². The lowest BCUT2D eigenvalue weighted by molar-refractivity contribution is 0.108. The van der Waals surface area contributed by atoms with Crippen molar-refractivity contribution in [1.82, 2.24) is 10.2 Å². The molecule has 2 rings (SSSR count). The third kappa shape index (κ3) is 5.23. The largest absolute Gasteiger partial charge is 0.380 e. The summed E-state index contributed by atoms with van der Waals surface area (Å²) in [5.74, 6) is 0. The van der Waals surface area contributed by atoms with Gasteiger partial charge in [0.25, 0.3) is 0 Å². The van der Waals surface area contributed by atoms with E-state index in [1.165, 1.54) is 44.5 Å². The Morgan fingerprint density at radius 3 is 2.60 bits per heavy atom. The molecule has 0 spiro atoms. The van der Waals surface area contributed by atoms with Gasteiger partial charge < -0.3 is 15.0 Å².